The standard InChI is InChI=1S/C23H26ClNO3.ClH/c24-22-9-5-4-8-20(22)21(16-18-6-2-1-3-7-18)19-10-12-25(13-11-19)14-15-28-17-23(26)27;/h1-9H,10-17H2,(H,26,27);1H. The molecule has 1 aliphatic rings. The van der Waals surface area contributed by atoms with E-state index in [1.165, 1.54) is 16.7 Å². The second kappa shape index (κ2) is 12.0. The van der Waals surface area contributed by atoms with Gasteiger partial charge in [-0.25, -0.2) is 4.79 Å². The van der Waals surface area contributed by atoms with Crippen molar-refractivity contribution in [2.24, 2.45) is 0 Å². The molecule has 1 aliphatic heterocycles. The lowest BCUT2D eigenvalue weighted by molar-refractivity contribution is -0.142. The van der Waals surface area contributed by atoms with Gasteiger partial charge in [-0.1, -0.05) is 65.7 Å². The molecule has 3 rings (SSSR count). The maximum absolute atomic E-state index is 10.5. The van der Waals surface area contributed by atoms with E-state index in [0.29, 0.717) is 6.61 Å². The van der Waals surface area contributed by atoms with E-state index in [2.05, 4.69) is 35.2 Å². The normalized spacial score (nSPS) is 14.3. The number of ether oxygens (including phenoxy) is 1. The van der Waals surface area contributed by atoms with Crippen molar-refractivity contribution in [3.63, 3.8) is 0 Å². The van der Waals surface area contributed by atoms with E-state index in [1.807, 2.05) is 24.3 Å². The molecule has 0 aromatic heterocycles. The highest BCUT2D eigenvalue weighted by Gasteiger charge is 2.19. The number of allylic oxidation sites excluding steroid dienone is 1. The van der Waals surface area contributed by atoms with E-state index in [0.717, 1.165) is 49.5 Å². The van der Waals surface area contributed by atoms with E-state index in [9.17, 15) is 4.79 Å². The highest BCUT2D eigenvalue weighted by molar-refractivity contribution is 6.32. The smallest absolute Gasteiger partial charge is 0.329 e. The van der Waals surface area contributed by atoms with Gasteiger partial charge in [0.25, 0.3) is 0 Å². The first-order chi connectivity index (χ1) is 13.6. The van der Waals surface area contributed by atoms with Gasteiger partial charge in [0, 0.05) is 24.7 Å². The quantitative estimate of drug-likeness (QED) is 0.595. The molecule has 0 spiro atoms. The monoisotopic (exact) mass is 435 g/mol. The zero-order chi connectivity index (χ0) is 19.8. The summed E-state index contributed by atoms with van der Waals surface area (Å²) in [6.07, 6.45) is 2.86. The number of piperidine rings is 1. The Morgan fingerprint density at radius 3 is 2.34 bits per heavy atom. The molecule has 6 heteroatoms. The number of carboxylic acid groups (broad SMARTS) is 1. The van der Waals surface area contributed by atoms with Crippen LogP contribution in [0.4, 0.5) is 0 Å². The number of carbonyl (C=O) groups is 1. The third kappa shape index (κ3) is 7.16. The molecule has 0 unspecified atom stereocenters. The molecular weight excluding hydrogens is 409 g/mol. The molecule has 156 valence electrons. The Morgan fingerprint density at radius 2 is 1.69 bits per heavy atom. The molecule has 1 saturated heterocycles. The summed E-state index contributed by atoms with van der Waals surface area (Å²) in [6.45, 7) is 2.89. The van der Waals surface area contributed by atoms with Crippen molar-refractivity contribution in [1.29, 1.82) is 0 Å². The molecule has 1 heterocycles. The van der Waals surface area contributed by atoms with Gasteiger partial charge in [0.2, 0.25) is 0 Å². The zero-order valence-electron chi connectivity index (χ0n) is 16.4. The Hall–Kier alpha value is -1.85. The summed E-state index contributed by atoms with van der Waals surface area (Å²) in [5.41, 5.74) is 5.20. The second-order valence-corrected chi connectivity index (χ2v) is 7.42. The first-order valence-electron chi connectivity index (χ1n) is 9.65. The first-order valence-corrected chi connectivity index (χ1v) is 10.0. The summed E-state index contributed by atoms with van der Waals surface area (Å²) in [5.74, 6) is -0.922. The number of likely N-dealkylation sites (tertiary alicyclic amines) is 1. The number of carboxylic acids is 1. The van der Waals surface area contributed by atoms with Crippen LogP contribution in [-0.2, 0) is 16.0 Å². The summed E-state index contributed by atoms with van der Waals surface area (Å²) >= 11 is 6.53. The van der Waals surface area contributed by atoms with E-state index >= 15 is 0 Å². The molecule has 0 bridgehead atoms. The zero-order valence-corrected chi connectivity index (χ0v) is 17.9. The number of nitrogens with zero attached hydrogens (tertiary/aromatic N) is 1. The molecule has 0 saturated carbocycles. The van der Waals surface area contributed by atoms with Crippen molar-refractivity contribution in [1.82, 2.24) is 4.90 Å². The van der Waals surface area contributed by atoms with Crippen molar-refractivity contribution in [2.75, 3.05) is 32.8 Å². The van der Waals surface area contributed by atoms with Gasteiger partial charge in [-0.3, -0.25) is 0 Å². The lowest BCUT2D eigenvalue weighted by Crippen LogP contribution is -2.34. The fraction of sp³-hybridized carbons (Fsp3) is 0.348. The number of hydrogen-bond donors (Lipinski definition) is 1. The highest BCUT2D eigenvalue weighted by Crippen LogP contribution is 2.33. The molecular formula is C23H27Cl2NO3. The Kier molecular flexibility index (Phi) is 9.68. The van der Waals surface area contributed by atoms with Crippen LogP contribution in [0.25, 0.3) is 5.57 Å². The fourth-order valence-electron chi connectivity index (χ4n) is 3.62. The predicted molar refractivity (Wildman–Crippen MR) is 120 cm³/mol. The number of benzene rings is 2. The van der Waals surface area contributed by atoms with Gasteiger partial charge in [-0.05, 0) is 42.0 Å². The summed E-state index contributed by atoms with van der Waals surface area (Å²) in [4.78, 5) is 12.9. The Labute approximate surface area is 183 Å². The Balaban J connectivity index is 0.00000300. The van der Waals surface area contributed by atoms with E-state index in [-0.39, 0.29) is 19.0 Å². The van der Waals surface area contributed by atoms with Gasteiger partial charge in [0.05, 0.1) is 6.61 Å². The van der Waals surface area contributed by atoms with Crippen LogP contribution in [0, 0.1) is 0 Å². The minimum Gasteiger partial charge on any atom is -0.480 e. The fourth-order valence-corrected chi connectivity index (χ4v) is 3.87. The molecule has 0 aliphatic carbocycles. The minimum atomic E-state index is -0.922. The second-order valence-electron chi connectivity index (χ2n) is 7.01. The molecule has 1 fully saturated rings. The summed E-state index contributed by atoms with van der Waals surface area (Å²) < 4.78 is 5.17. The lowest BCUT2D eigenvalue weighted by atomic mass is 9.89. The van der Waals surface area contributed by atoms with Crippen LogP contribution in [0.5, 0.6) is 0 Å². The molecule has 0 atom stereocenters. The van der Waals surface area contributed by atoms with E-state index in [4.69, 9.17) is 21.4 Å². The van der Waals surface area contributed by atoms with Gasteiger partial charge in [0.15, 0.2) is 0 Å². The third-order valence-electron chi connectivity index (χ3n) is 5.09. The average Bonchev–Trinajstić information content (AvgIpc) is 2.71. The Bertz CT molecular complexity index is 814. The SMILES string of the molecule is Cl.O=C(O)COCCN1CCC(=C(Cc2ccccc2)c2ccccc2Cl)CC1. The number of hydrogen-bond acceptors (Lipinski definition) is 3. The number of aliphatic carboxylic acids is 1. The third-order valence-corrected chi connectivity index (χ3v) is 5.42. The predicted octanol–water partition coefficient (Wildman–Crippen LogP) is 4.96. The van der Waals surface area contributed by atoms with Gasteiger partial charge >= 0.3 is 5.97 Å². The molecule has 2 aromatic carbocycles. The largest absolute Gasteiger partial charge is 0.480 e. The van der Waals surface area contributed by atoms with Crippen LogP contribution in [-0.4, -0.2) is 48.8 Å². The van der Waals surface area contributed by atoms with Crippen molar-refractivity contribution in [3.05, 3.63) is 76.3 Å². The summed E-state index contributed by atoms with van der Waals surface area (Å²) in [6, 6.07) is 18.6. The summed E-state index contributed by atoms with van der Waals surface area (Å²) in [7, 11) is 0. The molecule has 29 heavy (non-hydrogen) atoms. The van der Waals surface area contributed by atoms with Crippen LogP contribution in [0.1, 0.15) is 24.0 Å². The van der Waals surface area contributed by atoms with Gasteiger partial charge in [0.1, 0.15) is 6.61 Å². The van der Waals surface area contributed by atoms with Gasteiger partial charge < -0.3 is 14.7 Å². The Morgan fingerprint density at radius 1 is 1.03 bits per heavy atom. The molecule has 2 aromatic rings. The van der Waals surface area contributed by atoms with Crippen LogP contribution in [0.3, 0.4) is 0 Å². The van der Waals surface area contributed by atoms with Crippen LogP contribution >= 0.6 is 24.0 Å². The number of rotatable bonds is 8. The van der Waals surface area contributed by atoms with Crippen molar-refractivity contribution in [2.45, 2.75) is 19.3 Å². The topological polar surface area (TPSA) is 49.8 Å². The van der Waals surface area contributed by atoms with E-state index < -0.39 is 5.97 Å². The van der Waals surface area contributed by atoms with Crippen LogP contribution < -0.4 is 0 Å². The van der Waals surface area contributed by atoms with Gasteiger partial charge in [-0.2, -0.15) is 0 Å². The van der Waals surface area contributed by atoms with Crippen molar-refractivity contribution >= 4 is 35.6 Å². The van der Waals surface area contributed by atoms with Crippen LogP contribution in [0.15, 0.2) is 60.2 Å². The maximum Gasteiger partial charge on any atom is 0.329 e. The lowest BCUT2D eigenvalue weighted by Gasteiger charge is -2.30. The molecule has 4 nitrogen and oxygen atoms in total. The number of halogens is 2. The minimum absolute atomic E-state index is 0. The molecule has 1 N–H and O–H groups in total. The molecule has 0 radical (unpaired) electrons. The van der Waals surface area contributed by atoms with Gasteiger partial charge in [-0.15, -0.1) is 12.4 Å². The van der Waals surface area contributed by atoms with Crippen molar-refractivity contribution < 1.29 is 14.6 Å². The highest BCUT2D eigenvalue weighted by atomic mass is 35.5. The maximum atomic E-state index is 10.5. The first kappa shape index (κ1) is 23.4. The molecule has 0 amide bonds. The van der Waals surface area contributed by atoms with Crippen LogP contribution in [0.2, 0.25) is 5.02 Å². The van der Waals surface area contributed by atoms with Crippen molar-refractivity contribution in [3.8, 4) is 0 Å². The summed E-state index contributed by atoms with van der Waals surface area (Å²) in [5, 5.41) is 9.44. The average molecular weight is 436 g/mol. The van der Waals surface area contributed by atoms with E-state index in [1.54, 1.807) is 0 Å².